The zero-order valence-electron chi connectivity index (χ0n) is 18.5. The van der Waals surface area contributed by atoms with Crippen LogP contribution in [0, 0.1) is 11.3 Å². The number of carbonyl (C=O) groups excluding carboxylic acids is 3. The first-order valence-electron chi connectivity index (χ1n) is 10.5. The fourth-order valence-corrected chi connectivity index (χ4v) is 5.45. The number of benzene rings is 2. The van der Waals surface area contributed by atoms with Gasteiger partial charge in [0, 0.05) is 22.6 Å². The Balaban J connectivity index is 1.99. The van der Waals surface area contributed by atoms with Crippen molar-refractivity contribution in [3.8, 4) is 0 Å². The van der Waals surface area contributed by atoms with Crippen LogP contribution in [-0.2, 0) is 24.5 Å². The standard InChI is InChI=1S/C26H25ClO5/c1-25(2)19-8-6-5-7-17(19)21-18(22(28)15-9-11-16(27)12-10-15)13-26(14-20(21)25,23(29)31-3)24(30)32-4/h5-12,20H,13-14H2,1-4H3. The van der Waals surface area contributed by atoms with E-state index in [1.807, 2.05) is 24.3 Å². The lowest BCUT2D eigenvalue weighted by atomic mass is 9.61. The molecule has 0 spiro atoms. The van der Waals surface area contributed by atoms with E-state index in [1.165, 1.54) is 14.2 Å². The molecule has 1 unspecified atom stereocenters. The molecule has 2 aliphatic carbocycles. The first-order chi connectivity index (χ1) is 15.2. The number of hydrogen-bond acceptors (Lipinski definition) is 5. The van der Waals surface area contributed by atoms with E-state index in [9.17, 15) is 14.4 Å². The monoisotopic (exact) mass is 452 g/mol. The van der Waals surface area contributed by atoms with Crippen LogP contribution in [0.3, 0.4) is 0 Å². The third kappa shape index (κ3) is 3.18. The van der Waals surface area contributed by atoms with E-state index in [-0.39, 0.29) is 24.5 Å². The molecule has 0 amide bonds. The third-order valence-electron chi connectivity index (χ3n) is 7.02. The van der Waals surface area contributed by atoms with Crippen LogP contribution in [0.15, 0.2) is 54.1 Å². The highest BCUT2D eigenvalue weighted by Gasteiger charge is 2.59. The Bertz CT molecular complexity index is 1130. The summed E-state index contributed by atoms with van der Waals surface area (Å²) in [6, 6.07) is 14.6. The smallest absolute Gasteiger partial charge is 0.323 e. The first kappa shape index (κ1) is 22.3. The maximum Gasteiger partial charge on any atom is 0.323 e. The van der Waals surface area contributed by atoms with Crippen molar-refractivity contribution in [2.75, 3.05) is 14.2 Å². The Labute approximate surface area is 192 Å². The number of esters is 2. The Morgan fingerprint density at radius 1 is 0.938 bits per heavy atom. The van der Waals surface area contributed by atoms with Crippen LogP contribution in [0.1, 0.15) is 48.2 Å². The highest BCUT2D eigenvalue weighted by atomic mass is 35.5. The normalized spacial score (nSPS) is 20.2. The van der Waals surface area contributed by atoms with Gasteiger partial charge in [-0.1, -0.05) is 49.7 Å². The van der Waals surface area contributed by atoms with Gasteiger partial charge in [-0.25, -0.2) is 0 Å². The highest BCUT2D eigenvalue weighted by Crippen LogP contribution is 2.60. The molecule has 2 aromatic rings. The number of allylic oxidation sites excluding steroid dienone is 2. The number of carbonyl (C=O) groups is 3. The lowest BCUT2D eigenvalue weighted by Crippen LogP contribution is -2.48. The fourth-order valence-electron chi connectivity index (χ4n) is 5.33. The average Bonchev–Trinajstić information content (AvgIpc) is 3.04. The summed E-state index contributed by atoms with van der Waals surface area (Å²) < 4.78 is 10.1. The van der Waals surface area contributed by atoms with Crippen molar-refractivity contribution in [3.63, 3.8) is 0 Å². The van der Waals surface area contributed by atoms with Gasteiger partial charge in [-0.15, -0.1) is 0 Å². The number of rotatable bonds is 4. The Morgan fingerprint density at radius 2 is 1.53 bits per heavy atom. The zero-order valence-corrected chi connectivity index (χ0v) is 19.3. The second-order valence-electron chi connectivity index (χ2n) is 8.99. The lowest BCUT2D eigenvalue weighted by Gasteiger charge is -2.41. The average molecular weight is 453 g/mol. The van der Waals surface area contributed by atoms with Crippen molar-refractivity contribution < 1.29 is 23.9 Å². The summed E-state index contributed by atoms with van der Waals surface area (Å²) in [5.41, 5.74) is 1.88. The third-order valence-corrected chi connectivity index (χ3v) is 7.27. The molecule has 0 fully saturated rings. The van der Waals surface area contributed by atoms with Gasteiger partial charge in [0.2, 0.25) is 0 Å². The molecular formula is C26H25ClO5. The predicted octanol–water partition coefficient (Wildman–Crippen LogP) is 5.01. The van der Waals surface area contributed by atoms with Crippen LogP contribution in [-0.4, -0.2) is 31.9 Å². The van der Waals surface area contributed by atoms with Crippen LogP contribution in [0.4, 0.5) is 0 Å². The van der Waals surface area contributed by atoms with Gasteiger partial charge in [0.15, 0.2) is 11.2 Å². The van der Waals surface area contributed by atoms with Gasteiger partial charge < -0.3 is 9.47 Å². The summed E-state index contributed by atoms with van der Waals surface area (Å²) in [5, 5.41) is 0.520. The molecule has 0 aliphatic heterocycles. The van der Waals surface area contributed by atoms with Gasteiger partial charge >= 0.3 is 11.9 Å². The van der Waals surface area contributed by atoms with Crippen LogP contribution in [0.25, 0.3) is 5.57 Å². The molecule has 0 aromatic heterocycles. The molecular weight excluding hydrogens is 428 g/mol. The summed E-state index contributed by atoms with van der Waals surface area (Å²) in [6.45, 7) is 4.16. The van der Waals surface area contributed by atoms with Crippen molar-refractivity contribution in [1.29, 1.82) is 0 Å². The molecule has 0 heterocycles. The Morgan fingerprint density at radius 3 is 2.12 bits per heavy atom. The quantitative estimate of drug-likeness (QED) is 0.370. The number of ether oxygens (including phenoxy) is 2. The largest absolute Gasteiger partial charge is 0.468 e. The van der Waals surface area contributed by atoms with Gasteiger partial charge in [0.1, 0.15) is 0 Å². The molecule has 2 aliphatic rings. The van der Waals surface area contributed by atoms with Crippen LogP contribution < -0.4 is 0 Å². The second-order valence-corrected chi connectivity index (χ2v) is 9.43. The lowest BCUT2D eigenvalue weighted by molar-refractivity contribution is -0.170. The summed E-state index contributed by atoms with van der Waals surface area (Å²) in [7, 11) is 2.50. The van der Waals surface area contributed by atoms with Gasteiger partial charge in [-0.05, 0) is 58.7 Å². The van der Waals surface area contributed by atoms with Crippen molar-refractivity contribution in [3.05, 3.63) is 75.8 Å². The molecule has 6 heteroatoms. The van der Waals surface area contributed by atoms with E-state index in [4.69, 9.17) is 21.1 Å². The minimum Gasteiger partial charge on any atom is -0.468 e. The van der Waals surface area contributed by atoms with Gasteiger partial charge in [0.25, 0.3) is 0 Å². The molecule has 2 aromatic carbocycles. The van der Waals surface area contributed by atoms with Crippen LogP contribution in [0.5, 0.6) is 0 Å². The van der Waals surface area contributed by atoms with Gasteiger partial charge in [-0.2, -0.15) is 0 Å². The molecule has 0 saturated carbocycles. The minimum atomic E-state index is -1.59. The van der Waals surface area contributed by atoms with E-state index in [0.717, 1.165) is 16.7 Å². The van der Waals surface area contributed by atoms with E-state index in [0.29, 0.717) is 16.2 Å². The molecule has 0 saturated heterocycles. The van der Waals surface area contributed by atoms with Crippen molar-refractivity contribution in [2.45, 2.75) is 32.1 Å². The number of hydrogen-bond donors (Lipinski definition) is 0. The van der Waals surface area contributed by atoms with E-state index in [2.05, 4.69) is 13.8 Å². The van der Waals surface area contributed by atoms with Gasteiger partial charge in [0.05, 0.1) is 14.2 Å². The SMILES string of the molecule is COC(=O)C1(C(=O)OC)CC(C(=O)c2ccc(Cl)cc2)=C2c3ccccc3C(C)(C)C2C1. The van der Waals surface area contributed by atoms with E-state index < -0.39 is 22.8 Å². The molecule has 32 heavy (non-hydrogen) atoms. The first-order valence-corrected chi connectivity index (χ1v) is 10.8. The molecule has 1 atom stereocenters. The number of fused-ring (bicyclic) bond motifs is 3. The minimum absolute atomic E-state index is 0.0793. The summed E-state index contributed by atoms with van der Waals surface area (Å²) in [6.07, 6.45) is 0.130. The van der Waals surface area contributed by atoms with Crippen LogP contribution >= 0.6 is 11.6 Å². The van der Waals surface area contributed by atoms with E-state index >= 15 is 0 Å². The zero-order chi connectivity index (χ0) is 23.3. The molecule has 0 radical (unpaired) electrons. The van der Waals surface area contributed by atoms with Crippen molar-refractivity contribution in [2.24, 2.45) is 11.3 Å². The molecule has 0 bridgehead atoms. The predicted molar refractivity (Wildman–Crippen MR) is 121 cm³/mol. The van der Waals surface area contributed by atoms with E-state index in [1.54, 1.807) is 24.3 Å². The number of methoxy groups -OCH3 is 2. The molecule has 5 nitrogen and oxygen atoms in total. The van der Waals surface area contributed by atoms with Crippen molar-refractivity contribution in [1.82, 2.24) is 0 Å². The molecule has 166 valence electrons. The topological polar surface area (TPSA) is 69.7 Å². The number of ketones is 1. The number of Topliss-reactive ketones (excluding diaryl/α,β-unsaturated/α-hetero) is 1. The Hall–Kier alpha value is -2.92. The maximum atomic E-state index is 13.8. The summed E-state index contributed by atoms with van der Waals surface area (Å²) in [5.74, 6) is -1.84. The van der Waals surface area contributed by atoms with Crippen molar-refractivity contribution >= 4 is 34.9 Å². The number of halogens is 1. The summed E-state index contributed by atoms with van der Waals surface area (Å²) in [4.78, 5) is 39.9. The molecule has 0 N–H and O–H groups in total. The maximum absolute atomic E-state index is 13.8. The van der Waals surface area contributed by atoms with Crippen LogP contribution in [0.2, 0.25) is 5.02 Å². The Kier molecular flexibility index (Phi) is 5.49. The molecule has 4 rings (SSSR count). The summed E-state index contributed by atoms with van der Waals surface area (Å²) >= 11 is 6.02. The van der Waals surface area contributed by atoms with Gasteiger partial charge in [-0.3, -0.25) is 14.4 Å². The fraction of sp³-hybridized carbons (Fsp3) is 0.346. The highest BCUT2D eigenvalue weighted by molar-refractivity contribution is 6.30. The second kappa shape index (κ2) is 7.89.